The van der Waals surface area contributed by atoms with E-state index in [1.165, 1.54) is 17.3 Å². The van der Waals surface area contributed by atoms with Crippen LogP contribution in [0, 0.1) is 6.92 Å². The molecule has 0 saturated carbocycles. The van der Waals surface area contributed by atoms with Crippen LogP contribution in [0.15, 0.2) is 58.5 Å². The van der Waals surface area contributed by atoms with Crippen LogP contribution < -0.4 is 10.3 Å². The standard InChI is InChI=1S/C20H22N2O3S/c1-15-7-9-16(10-8-15)25-13-14-26-20-21-18-6-4-3-5-17(18)19(23)22(20)11-12-24-2/h3-10H,11-14H2,1-2H3. The number of hydrogen-bond acceptors (Lipinski definition) is 5. The van der Waals surface area contributed by atoms with E-state index in [1.807, 2.05) is 55.5 Å². The summed E-state index contributed by atoms with van der Waals surface area (Å²) in [6, 6.07) is 15.4. The van der Waals surface area contributed by atoms with Crippen LogP contribution in [0.1, 0.15) is 5.56 Å². The van der Waals surface area contributed by atoms with Crippen LogP contribution in [0.4, 0.5) is 0 Å². The fourth-order valence-electron chi connectivity index (χ4n) is 2.56. The first-order chi connectivity index (χ1) is 12.7. The molecule has 136 valence electrons. The third-order valence-corrected chi connectivity index (χ3v) is 4.89. The van der Waals surface area contributed by atoms with E-state index in [0.717, 1.165) is 5.75 Å². The van der Waals surface area contributed by atoms with Gasteiger partial charge in [0, 0.05) is 12.9 Å². The highest BCUT2D eigenvalue weighted by Crippen LogP contribution is 2.18. The Labute approximate surface area is 157 Å². The molecule has 0 unspecified atom stereocenters. The number of hydrogen-bond donors (Lipinski definition) is 0. The third kappa shape index (κ3) is 4.45. The van der Waals surface area contributed by atoms with E-state index in [9.17, 15) is 4.79 Å². The lowest BCUT2D eigenvalue weighted by Crippen LogP contribution is -2.25. The Balaban J connectivity index is 1.73. The second-order valence-corrected chi connectivity index (χ2v) is 6.93. The summed E-state index contributed by atoms with van der Waals surface area (Å²) < 4.78 is 12.6. The van der Waals surface area contributed by atoms with E-state index in [-0.39, 0.29) is 5.56 Å². The van der Waals surface area contributed by atoms with Gasteiger partial charge in [0.15, 0.2) is 5.16 Å². The summed E-state index contributed by atoms with van der Waals surface area (Å²) in [7, 11) is 1.63. The van der Waals surface area contributed by atoms with Crippen molar-refractivity contribution in [3.63, 3.8) is 0 Å². The minimum absolute atomic E-state index is 0.0328. The molecule has 0 atom stereocenters. The molecule has 0 fully saturated rings. The summed E-state index contributed by atoms with van der Waals surface area (Å²) >= 11 is 1.52. The van der Waals surface area contributed by atoms with Crippen LogP contribution in [-0.4, -0.2) is 35.6 Å². The van der Waals surface area contributed by atoms with E-state index in [2.05, 4.69) is 4.98 Å². The second-order valence-electron chi connectivity index (χ2n) is 5.87. The number of para-hydroxylation sites is 1. The average Bonchev–Trinajstić information content (AvgIpc) is 2.66. The highest BCUT2D eigenvalue weighted by Gasteiger charge is 2.11. The quantitative estimate of drug-likeness (QED) is 0.345. The summed E-state index contributed by atoms with van der Waals surface area (Å²) in [6.45, 7) is 3.53. The molecule has 0 saturated heterocycles. The van der Waals surface area contributed by atoms with Gasteiger partial charge < -0.3 is 9.47 Å². The van der Waals surface area contributed by atoms with Gasteiger partial charge in [-0.1, -0.05) is 41.6 Å². The van der Waals surface area contributed by atoms with Crippen molar-refractivity contribution in [3.8, 4) is 5.75 Å². The van der Waals surface area contributed by atoms with Crippen molar-refractivity contribution in [2.45, 2.75) is 18.6 Å². The van der Waals surface area contributed by atoms with E-state index in [1.54, 1.807) is 11.7 Å². The molecule has 0 aliphatic carbocycles. The lowest BCUT2D eigenvalue weighted by Gasteiger charge is -2.13. The van der Waals surface area contributed by atoms with Crippen molar-refractivity contribution in [2.75, 3.05) is 26.1 Å². The lowest BCUT2D eigenvalue weighted by molar-refractivity contribution is 0.183. The van der Waals surface area contributed by atoms with Gasteiger partial charge >= 0.3 is 0 Å². The molecule has 0 aliphatic heterocycles. The van der Waals surface area contributed by atoms with E-state index in [4.69, 9.17) is 9.47 Å². The largest absolute Gasteiger partial charge is 0.493 e. The van der Waals surface area contributed by atoms with E-state index < -0.39 is 0 Å². The van der Waals surface area contributed by atoms with Gasteiger partial charge in [0.1, 0.15) is 5.75 Å². The normalized spacial score (nSPS) is 11.0. The minimum Gasteiger partial charge on any atom is -0.493 e. The molecule has 6 heteroatoms. The number of fused-ring (bicyclic) bond motifs is 1. The Morgan fingerprint density at radius 2 is 1.85 bits per heavy atom. The molecule has 2 aromatic carbocycles. The predicted octanol–water partition coefficient (Wildman–Crippen LogP) is 3.52. The molecule has 0 amide bonds. The van der Waals surface area contributed by atoms with Crippen LogP contribution >= 0.6 is 11.8 Å². The molecule has 5 nitrogen and oxygen atoms in total. The zero-order chi connectivity index (χ0) is 18.4. The zero-order valence-electron chi connectivity index (χ0n) is 15.0. The number of aromatic nitrogens is 2. The number of benzene rings is 2. The molecule has 26 heavy (non-hydrogen) atoms. The Morgan fingerprint density at radius 1 is 1.08 bits per heavy atom. The molecular weight excluding hydrogens is 348 g/mol. The fourth-order valence-corrected chi connectivity index (χ4v) is 3.41. The number of rotatable bonds is 8. The van der Waals surface area contributed by atoms with Crippen molar-refractivity contribution in [2.24, 2.45) is 0 Å². The maximum atomic E-state index is 12.8. The summed E-state index contributed by atoms with van der Waals surface area (Å²) in [6.07, 6.45) is 0. The second kappa shape index (κ2) is 8.87. The van der Waals surface area contributed by atoms with Crippen LogP contribution in [0.25, 0.3) is 10.9 Å². The zero-order valence-corrected chi connectivity index (χ0v) is 15.8. The van der Waals surface area contributed by atoms with Crippen molar-refractivity contribution < 1.29 is 9.47 Å². The van der Waals surface area contributed by atoms with Gasteiger partial charge in [0.25, 0.3) is 5.56 Å². The highest BCUT2D eigenvalue weighted by atomic mass is 32.2. The number of methoxy groups -OCH3 is 1. The van der Waals surface area contributed by atoms with Crippen LogP contribution in [0.5, 0.6) is 5.75 Å². The number of thioether (sulfide) groups is 1. The van der Waals surface area contributed by atoms with Crippen molar-refractivity contribution >= 4 is 22.7 Å². The number of nitrogens with zero attached hydrogens (tertiary/aromatic N) is 2. The molecular formula is C20H22N2O3S. The van der Waals surface area contributed by atoms with Gasteiger partial charge in [0.05, 0.1) is 30.7 Å². The SMILES string of the molecule is COCCn1c(SCCOc2ccc(C)cc2)nc2ccccc2c1=O. The topological polar surface area (TPSA) is 53.4 Å². The Hall–Kier alpha value is -2.31. The Kier molecular flexibility index (Phi) is 6.30. The van der Waals surface area contributed by atoms with Crippen LogP contribution in [0.2, 0.25) is 0 Å². The average molecular weight is 370 g/mol. The Bertz CT molecular complexity index is 922. The van der Waals surface area contributed by atoms with Crippen LogP contribution in [-0.2, 0) is 11.3 Å². The molecule has 0 bridgehead atoms. The minimum atomic E-state index is -0.0328. The first-order valence-corrected chi connectivity index (χ1v) is 9.48. The van der Waals surface area contributed by atoms with Gasteiger partial charge in [-0.2, -0.15) is 0 Å². The molecule has 0 N–H and O–H groups in total. The molecule has 3 rings (SSSR count). The Morgan fingerprint density at radius 3 is 2.62 bits per heavy atom. The predicted molar refractivity (Wildman–Crippen MR) is 105 cm³/mol. The molecule has 0 aliphatic rings. The number of ether oxygens (including phenoxy) is 2. The van der Waals surface area contributed by atoms with E-state index >= 15 is 0 Å². The number of aryl methyl sites for hydroxylation is 1. The maximum Gasteiger partial charge on any atom is 0.262 e. The van der Waals surface area contributed by atoms with Gasteiger partial charge in [-0.3, -0.25) is 9.36 Å². The molecule has 1 heterocycles. The summed E-state index contributed by atoms with van der Waals surface area (Å²) in [5.41, 5.74) is 1.89. The molecule has 1 aromatic heterocycles. The van der Waals surface area contributed by atoms with Gasteiger partial charge in [0.2, 0.25) is 0 Å². The molecule has 0 radical (unpaired) electrons. The van der Waals surface area contributed by atoms with Crippen LogP contribution in [0.3, 0.4) is 0 Å². The van der Waals surface area contributed by atoms with Gasteiger partial charge in [-0.05, 0) is 31.2 Å². The summed E-state index contributed by atoms with van der Waals surface area (Å²) in [5.74, 6) is 1.55. The third-order valence-electron chi connectivity index (χ3n) is 3.95. The molecule has 3 aromatic rings. The first-order valence-electron chi connectivity index (χ1n) is 8.50. The fraction of sp³-hybridized carbons (Fsp3) is 0.300. The van der Waals surface area contributed by atoms with Gasteiger partial charge in [-0.15, -0.1) is 0 Å². The highest BCUT2D eigenvalue weighted by molar-refractivity contribution is 7.99. The van der Waals surface area contributed by atoms with Crippen molar-refractivity contribution in [3.05, 3.63) is 64.4 Å². The molecule has 0 spiro atoms. The maximum absolute atomic E-state index is 12.8. The van der Waals surface area contributed by atoms with Crippen molar-refractivity contribution in [1.29, 1.82) is 0 Å². The summed E-state index contributed by atoms with van der Waals surface area (Å²) in [5, 5.41) is 1.32. The van der Waals surface area contributed by atoms with Gasteiger partial charge in [-0.25, -0.2) is 4.98 Å². The lowest BCUT2D eigenvalue weighted by atomic mass is 10.2. The van der Waals surface area contributed by atoms with E-state index in [0.29, 0.717) is 41.6 Å². The monoisotopic (exact) mass is 370 g/mol. The van der Waals surface area contributed by atoms with Crippen molar-refractivity contribution in [1.82, 2.24) is 9.55 Å². The smallest absolute Gasteiger partial charge is 0.262 e. The summed E-state index contributed by atoms with van der Waals surface area (Å²) in [4.78, 5) is 17.4. The first kappa shape index (κ1) is 18.5.